The summed E-state index contributed by atoms with van der Waals surface area (Å²) in [5.74, 6) is 1.75. The third-order valence-electron chi connectivity index (χ3n) is 2.77. The lowest BCUT2D eigenvalue weighted by Crippen LogP contribution is -2.20. The molecule has 0 amide bonds. The minimum absolute atomic E-state index is 0.690. The monoisotopic (exact) mass is 249 g/mol. The maximum Gasteiger partial charge on any atom is 0.128 e. The van der Waals surface area contributed by atoms with Gasteiger partial charge in [0.1, 0.15) is 5.82 Å². The molecule has 0 saturated heterocycles. The average Bonchev–Trinajstić information content (AvgIpc) is 2.28. The van der Waals surface area contributed by atoms with E-state index in [1.807, 2.05) is 14.1 Å². The summed E-state index contributed by atoms with van der Waals surface area (Å²) in [6.45, 7) is 8.64. The first kappa shape index (κ1) is 15.0. The van der Waals surface area contributed by atoms with Crippen molar-refractivity contribution in [2.24, 2.45) is 5.92 Å². The van der Waals surface area contributed by atoms with E-state index >= 15 is 0 Å². The zero-order valence-electron chi connectivity index (χ0n) is 12.5. The molecule has 18 heavy (non-hydrogen) atoms. The van der Waals surface area contributed by atoms with E-state index in [1.54, 1.807) is 0 Å². The smallest absolute Gasteiger partial charge is 0.128 e. The minimum atomic E-state index is 0.690. The van der Waals surface area contributed by atoms with E-state index in [0.29, 0.717) is 5.92 Å². The fourth-order valence-electron chi connectivity index (χ4n) is 1.85. The average molecular weight is 249 g/mol. The number of anilines is 1. The van der Waals surface area contributed by atoms with Gasteiger partial charge in [-0.1, -0.05) is 27.2 Å². The van der Waals surface area contributed by atoms with Crippen LogP contribution >= 0.6 is 0 Å². The van der Waals surface area contributed by atoms with Gasteiger partial charge in [-0.05, 0) is 36.6 Å². The molecule has 1 rings (SSSR count). The first-order valence-electron chi connectivity index (χ1n) is 6.90. The molecule has 102 valence electrons. The molecule has 0 bridgehead atoms. The van der Waals surface area contributed by atoms with Gasteiger partial charge < -0.3 is 10.2 Å². The Labute approximate surface area is 112 Å². The van der Waals surface area contributed by atoms with Crippen molar-refractivity contribution in [1.82, 2.24) is 10.3 Å². The number of hydrogen-bond acceptors (Lipinski definition) is 3. The van der Waals surface area contributed by atoms with Crippen LogP contribution in [0.25, 0.3) is 0 Å². The second-order valence-corrected chi connectivity index (χ2v) is 5.49. The van der Waals surface area contributed by atoms with E-state index in [2.05, 4.69) is 48.1 Å². The van der Waals surface area contributed by atoms with Crippen LogP contribution in [0, 0.1) is 5.92 Å². The van der Waals surface area contributed by atoms with Crippen molar-refractivity contribution >= 4 is 5.82 Å². The van der Waals surface area contributed by atoms with Crippen molar-refractivity contribution in [3.05, 3.63) is 23.4 Å². The maximum absolute atomic E-state index is 4.66. The summed E-state index contributed by atoms with van der Waals surface area (Å²) in [5, 5.41) is 3.49. The molecule has 0 aliphatic heterocycles. The van der Waals surface area contributed by atoms with Crippen molar-refractivity contribution in [1.29, 1.82) is 0 Å². The van der Waals surface area contributed by atoms with Crippen molar-refractivity contribution in [3.63, 3.8) is 0 Å². The molecule has 0 radical (unpaired) electrons. The summed E-state index contributed by atoms with van der Waals surface area (Å²) in [6.07, 6.45) is 2.20. The summed E-state index contributed by atoms with van der Waals surface area (Å²) < 4.78 is 0. The highest BCUT2D eigenvalue weighted by atomic mass is 15.1. The first-order chi connectivity index (χ1) is 8.52. The summed E-state index contributed by atoms with van der Waals surface area (Å²) >= 11 is 0. The quantitative estimate of drug-likeness (QED) is 0.805. The number of nitrogens with one attached hydrogen (secondary N) is 1. The molecule has 3 nitrogen and oxygen atoms in total. The van der Waals surface area contributed by atoms with E-state index in [0.717, 1.165) is 31.7 Å². The normalized spacial score (nSPS) is 11.0. The molecule has 0 unspecified atom stereocenters. The number of rotatable bonds is 7. The summed E-state index contributed by atoms with van der Waals surface area (Å²) in [6, 6.07) is 4.40. The second-order valence-electron chi connectivity index (χ2n) is 5.49. The lowest BCUT2D eigenvalue weighted by molar-refractivity contribution is 0.552. The molecule has 0 saturated carbocycles. The molecule has 1 aromatic heterocycles. The Morgan fingerprint density at radius 2 is 2.00 bits per heavy atom. The van der Waals surface area contributed by atoms with Crippen LogP contribution in [0.2, 0.25) is 0 Å². The highest BCUT2D eigenvalue weighted by Crippen LogP contribution is 2.14. The molecule has 3 heteroatoms. The minimum Gasteiger partial charge on any atom is -0.363 e. The van der Waals surface area contributed by atoms with E-state index in [-0.39, 0.29) is 0 Å². The highest BCUT2D eigenvalue weighted by molar-refractivity contribution is 5.41. The maximum atomic E-state index is 4.66. The van der Waals surface area contributed by atoms with Gasteiger partial charge in [-0.25, -0.2) is 4.98 Å². The Morgan fingerprint density at radius 1 is 1.28 bits per heavy atom. The van der Waals surface area contributed by atoms with Gasteiger partial charge in [-0.15, -0.1) is 0 Å². The Balaban J connectivity index is 2.75. The van der Waals surface area contributed by atoms with Crippen molar-refractivity contribution in [3.8, 4) is 0 Å². The Hall–Kier alpha value is -1.09. The number of aromatic nitrogens is 1. The van der Waals surface area contributed by atoms with E-state index in [9.17, 15) is 0 Å². The first-order valence-corrected chi connectivity index (χ1v) is 6.90. The molecule has 1 heterocycles. The molecule has 1 N–H and O–H groups in total. The zero-order valence-corrected chi connectivity index (χ0v) is 12.5. The molecule has 0 aliphatic carbocycles. The number of hydrogen-bond donors (Lipinski definition) is 1. The highest BCUT2D eigenvalue weighted by Gasteiger charge is 2.04. The summed E-state index contributed by atoms with van der Waals surface area (Å²) in [7, 11) is 4.09. The van der Waals surface area contributed by atoms with Gasteiger partial charge in [0.15, 0.2) is 0 Å². The van der Waals surface area contributed by atoms with E-state index in [1.165, 1.54) is 11.3 Å². The van der Waals surface area contributed by atoms with Crippen molar-refractivity contribution < 1.29 is 0 Å². The standard InChI is InChI=1S/C15H27N3/c1-6-7-14-8-13(11-16-10-12(2)3)9-15(17-14)18(4)5/h8-9,12,16H,6-7,10-11H2,1-5H3. The predicted octanol–water partition coefficient (Wildman–Crippen LogP) is 2.85. The Bertz CT molecular complexity index is 359. The Kier molecular flexibility index (Phi) is 6.13. The lowest BCUT2D eigenvalue weighted by Gasteiger charge is -2.15. The lowest BCUT2D eigenvalue weighted by atomic mass is 10.1. The molecular weight excluding hydrogens is 222 g/mol. The summed E-state index contributed by atoms with van der Waals surface area (Å²) in [4.78, 5) is 6.74. The Morgan fingerprint density at radius 3 is 2.56 bits per heavy atom. The van der Waals surface area contributed by atoms with Crippen LogP contribution < -0.4 is 10.2 Å². The number of aryl methyl sites for hydroxylation is 1. The third kappa shape index (κ3) is 5.05. The van der Waals surface area contributed by atoms with Crippen LogP contribution in [-0.2, 0) is 13.0 Å². The fraction of sp³-hybridized carbons (Fsp3) is 0.667. The van der Waals surface area contributed by atoms with Crippen molar-refractivity contribution in [2.45, 2.75) is 40.2 Å². The number of nitrogens with zero attached hydrogens (tertiary/aromatic N) is 2. The van der Waals surface area contributed by atoms with Gasteiger partial charge in [0.05, 0.1) is 0 Å². The molecule has 0 aliphatic rings. The van der Waals surface area contributed by atoms with Gasteiger partial charge in [-0.3, -0.25) is 0 Å². The fourth-order valence-corrected chi connectivity index (χ4v) is 1.85. The molecular formula is C15H27N3. The summed E-state index contributed by atoms with van der Waals surface area (Å²) in [5.41, 5.74) is 2.53. The van der Waals surface area contributed by atoms with Gasteiger partial charge in [0.25, 0.3) is 0 Å². The molecule has 0 spiro atoms. The third-order valence-corrected chi connectivity index (χ3v) is 2.77. The van der Waals surface area contributed by atoms with Gasteiger partial charge >= 0.3 is 0 Å². The van der Waals surface area contributed by atoms with E-state index in [4.69, 9.17) is 0 Å². The molecule has 0 aromatic carbocycles. The molecule has 0 fully saturated rings. The molecule has 1 aromatic rings. The van der Waals surface area contributed by atoms with Gasteiger partial charge in [-0.2, -0.15) is 0 Å². The predicted molar refractivity (Wildman–Crippen MR) is 79.1 cm³/mol. The SMILES string of the molecule is CCCc1cc(CNCC(C)C)cc(N(C)C)n1. The van der Waals surface area contributed by atoms with Gasteiger partial charge in [0, 0.05) is 26.3 Å². The topological polar surface area (TPSA) is 28.2 Å². The second kappa shape index (κ2) is 7.37. The van der Waals surface area contributed by atoms with Crippen LogP contribution in [0.1, 0.15) is 38.4 Å². The van der Waals surface area contributed by atoms with Gasteiger partial charge in [0.2, 0.25) is 0 Å². The van der Waals surface area contributed by atoms with Crippen LogP contribution in [-0.4, -0.2) is 25.6 Å². The zero-order chi connectivity index (χ0) is 13.5. The van der Waals surface area contributed by atoms with Crippen LogP contribution in [0.3, 0.4) is 0 Å². The van der Waals surface area contributed by atoms with Crippen LogP contribution in [0.15, 0.2) is 12.1 Å². The largest absolute Gasteiger partial charge is 0.363 e. The van der Waals surface area contributed by atoms with Crippen LogP contribution in [0.4, 0.5) is 5.82 Å². The van der Waals surface area contributed by atoms with Crippen LogP contribution in [0.5, 0.6) is 0 Å². The molecule has 0 atom stereocenters. The number of pyridine rings is 1. The van der Waals surface area contributed by atoms with Crippen molar-refractivity contribution in [2.75, 3.05) is 25.5 Å². The van der Waals surface area contributed by atoms with E-state index < -0.39 is 0 Å².